The van der Waals surface area contributed by atoms with E-state index >= 15 is 0 Å². The van der Waals surface area contributed by atoms with Gasteiger partial charge in [0.2, 0.25) is 0 Å². The average molecular weight is 181 g/mol. The molecule has 0 aromatic carbocycles. The molecule has 0 unspecified atom stereocenters. The van der Waals surface area contributed by atoms with Crippen LogP contribution in [0.1, 0.15) is 0 Å². The van der Waals surface area contributed by atoms with Crippen molar-refractivity contribution in [2.45, 2.75) is 0 Å². The van der Waals surface area contributed by atoms with Gasteiger partial charge in [-0.15, -0.1) is 0 Å². The van der Waals surface area contributed by atoms with E-state index in [4.69, 9.17) is 18.6 Å². The van der Waals surface area contributed by atoms with Crippen molar-refractivity contribution in [3.63, 3.8) is 0 Å². The molecule has 40 valence electrons. The third kappa shape index (κ3) is 79.2. The standard InChI is InChI=1S/2ClO2.2Na/c2*2-1-3;;/q2*-1;2*+1. The van der Waals surface area contributed by atoms with Gasteiger partial charge in [-0.3, -0.25) is 0 Å². The van der Waals surface area contributed by atoms with Gasteiger partial charge < -0.3 is 18.6 Å². The molecular weight excluding hydrogens is 181 g/mol. The molecule has 0 aromatic rings. The van der Waals surface area contributed by atoms with Crippen LogP contribution < -0.4 is 77.8 Å². The van der Waals surface area contributed by atoms with E-state index in [0.29, 0.717) is 0 Å². The van der Waals surface area contributed by atoms with Crippen molar-refractivity contribution in [2.75, 3.05) is 0 Å². The summed E-state index contributed by atoms with van der Waals surface area (Å²) in [6.07, 6.45) is 0. The Balaban J connectivity index is -0.0000000160. The summed E-state index contributed by atoms with van der Waals surface area (Å²) >= 11 is -0.833. The molecule has 0 aliphatic heterocycles. The minimum Gasteiger partial charge on any atom is -0.544 e. The number of halogens is 2. The normalized spacial score (nSPS) is 4.50. The molecule has 8 heavy (non-hydrogen) atoms. The van der Waals surface area contributed by atoms with Crippen molar-refractivity contribution in [3.8, 4) is 0 Å². The van der Waals surface area contributed by atoms with Crippen LogP contribution in [0.15, 0.2) is 0 Å². The zero-order valence-corrected chi connectivity index (χ0v) is 9.90. The van der Waals surface area contributed by atoms with Crippen molar-refractivity contribution >= 4 is 0 Å². The molecule has 0 aliphatic rings. The molecule has 0 amide bonds. The van der Waals surface area contributed by atoms with Crippen LogP contribution in [0, 0.1) is 22.7 Å². The first-order valence-corrected chi connectivity index (χ1v) is 1.85. The predicted molar refractivity (Wildman–Crippen MR) is 0 cm³/mol. The molecule has 0 rings (SSSR count). The molecule has 0 saturated carbocycles. The SMILES string of the molecule is [Na+].[Na+].[O-][Cl+][O-].[O-][Cl+][O-]. The largest absolute Gasteiger partial charge is 1.00 e. The first-order valence-electron chi connectivity index (χ1n) is 0.617. The van der Waals surface area contributed by atoms with Gasteiger partial charge in [-0.1, -0.05) is 0 Å². The fourth-order valence-corrected chi connectivity index (χ4v) is 0. The molecule has 4 nitrogen and oxygen atoms in total. The maximum absolute atomic E-state index is 8.24. The van der Waals surface area contributed by atoms with Gasteiger partial charge >= 0.3 is 59.1 Å². The van der Waals surface area contributed by atoms with Crippen LogP contribution in [-0.4, -0.2) is 0 Å². The van der Waals surface area contributed by atoms with Gasteiger partial charge in [0.15, 0.2) is 0 Å². The summed E-state index contributed by atoms with van der Waals surface area (Å²) in [6, 6.07) is 0. The molecule has 0 fully saturated rings. The van der Waals surface area contributed by atoms with Crippen LogP contribution in [0.2, 0.25) is 0 Å². The summed E-state index contributed by atoms with van der Waals surface area (Å²) in [5, 5.41) is 0. The van der Waals surface area contributed by atoms with E-state index in [1.807, 2.05) is 0 Å². The Kier molecular flexibility index (Phi) is 95.9. The molecule has 0 aliphatic carbocycles. The van der Waals surface area contributed by atoms with E-state index in [1.54, 1.807) is 0 Å². The van der Waals surface area contributed by atoms with Crippen LogP contribution in [0.4, 0.5) is 0 Å². The minimum absolute atomic E-state index is 0. The van der Waals surface area contributed by atoms with E-state index in [-0.39, 0.29) is 59.1 Å². The Morgan fingerprint density at radius 1 is 0.625 bits per heavy atom. The second-order valence-corrected chi connectivity index (χ2v) is 0.378. The van der Waals surface area contributed by atoms with Gasteiger partial charge in [-0.2, -0.15) is 0 Å². The number of hydrogen-bond acceptors (Lipinski definition) is 4. The van der Waals surface area contributed by atoms with Crippen LogP contribution in [-0.2, 0) is 0 Å². The van der Waals surface area contributed by atoms with Crippen LogP contribution in [0.5, 0.6) is 0 Å². The molecule has 0 bridgehead atoms. The monoisotopic (exact) mass is 180 g/mol. The Labute approximate surface area is 99.0 Å². The van der Waals surface area contributed by atoms with Gasteiger partial charge in [0.25, 0.3) is 0 Å². The van der Waals surface area contributed by atoms with E-state index in [1.165, 1.54) is 0 Å². The zero-order valence-electron chi connectivity index (χ0n) is 4.39. The van der Waals surface area contributed by atoms with Gasteiger partial charge in [-0.05, 0) is 0 Å². The number of rotatable bonds is 0. The smallest absolute Gasteiger partial charge is 0.544 e. The molecule has 0 saturated heterocycles. The Morgan fingerprint density at radius 3 is 0.625 bits per heavy atom. The van der Waals surface area contributed by atoms with Crippen LogP contribution in [0.3, 0.4) is 0 Å². The van der Waals surface area contributed by atoms with Crippen molar-refractivity contribution in [2.24, 2.45) is 0 Å². The first-order chi connectivity index (χ1) is 2.83. The molecule has 0 spiro atoms. The van der Waals surface area contributed by atoms with Crippen LogP contribution in [0.25, 0.3) is 0 Å². The molecule has 0 radical (unpaired) electrons. The zero-order chi connectivity index (χ0) is 5.41. The average Bonchev–Trinajstić information content (AvgIpc) is 1.39. The second-order valence-electron chi connectivity index (χ2n) is 0.126. The Bertz CT molecular complexity index is 14.0. The van der Waals surface area contributed by atoms with Crippen molar-refractivity contribution < 1.29 is 100 Å². The molecule has 0 atom stereocenters. The summed E-state index contributed by atoms with van der Waals surface area (Å²) in [5.74, 6) is 0. The van der Waals surface area contributed by atoms with E-state index in [9.17, 15) is 0 Å². The first kappa shape index (κ1) is 22.4. The Morgan fingerprint density at radius 2 is 0.625 bits per heavy atom. The van der Waals surface area contributed by atoms with Gasteiger partial charge in [0.05, 0.1) is 22.7 Å². The third-order valence-electron chi connectivity index (χ3n) is 0. The van der Waals surface area contributed by atoms with E-state index in [0.717, 1.165) is 0 Å². The maximum atomic E-state index is 8.24. The number of hydrogen-bond donors (Lipinski definition) is 0. The molecule has 8 heteroatoms. The van der Waals surface area contributed by atoms with Crippen LogP contribution >= 0.6 is 0 Å². The van der Waals surface area contributed by atoms with Gasteiger partial charge in [0, 0.05) is 0 Å². The van der Waals surface area contributed by atoms with Crippen molar-refractivity contribution in [1.82, 2.24) is 0 Å². The van der Waals surface area contributed by atoms with Gasteiger partial charge in [-0.25, -0.2) is 0 Å². The molecule has 0 N–H and O–H groups in total. The van der Waals surface area contributed by atoms with Crippen molar-refractivity contribution in [1.29, 1.82) is 0 Å². The second kappa shape index (κ2) is 34.2. The Hall–Kier alpha value is 2.42. The fraction of sp³-hybridized carbons (Fsp3) is 0. The van der Waals surface area contributed by atoms with Crippen molar-refractivity contribution in [3.05, 3.63) is 0 Å². The van der Waals surface area contributed by atoms with E-state index < -0.39 is 22.7 Å². The summed E-state index contributed by atoms with van der Waals surface area (Å²) in [7, 11) is 0. The summed E-state index contributed by atoms with van der Waals surface area (Å²) in [4.78, 5) is 0. The summed E-state index contributed by atoms with van der Waals surface area (Å²) < 4.78 is 32.9. The fourth-order valence-electron chi connectivity index (χ4n) is 0. The van der Waals surface area contributed by atoms with E-state index in [2.05, 4.69) is 0 Å². The molecule has 0 aromatic heterocycles. The quantitative estimate of drug-likeness (QED) is 0.347. The predicted octanol–water partition coefficient (Wildman–Crippen LogP) is -10.7. The summed E-state index contributed by atoms with van der Waals surface area (Å²) in [5.41, 5.74) is 0. The third-order valence-corrected chi connectivity index (χ3v) is 0. The minimum atomic E-state index is -0.417. The molecule has 0 heterocycles. The maximum Gasteiger partial charge on any atom is 1.00 e. The topological polar surface area (TPSA) is 92.2 Å². The summed E-state index contributed by atoms with van der Waals surface area (Å²) in [6.45, 7) is 0. The molecular formula is Cl2Na2O4. The van der Waals surface area contributed by atoms with Gasteiger partial charge in [0.1, 0.15) is 0 Å².